The fraction of sp³-hybridized carbons (Fsp3) is 0. The van der Waals surface area contributed by atoms with Crippen molar-refractivity contribution in [2.45, 2.75) is 0 Å². The zero-order valence-corrected chi connectivity index (χ0v) is 6.29. The molecule has 1 rings (SSSR count). The van der Waals surface area contributed by atoms with E-state index < -0.39 is 0 Å². The Morgan fingerprint density at radius 3 is 2.08 bits per heavy atom. The Kier molecular flexibility index (Phi) is 3.61. The van der Waals surface area contributed by atoms with Crippen molar-refractivity contribution in [3.63, 3.8) is 0 Å². The van der Waals surface area contributed by atoms with Crippen molar-refractivity contribution in [2.24, 2.45) is 0 Å². The normalized spacial score (nSPS) is 7.08. The Morgan fingerprint density at radius 1 is 1.08 bits per heavy atom. The van der Waals surface area contributed by atoms with Gasteiger partial charge in [0.25, 0.3) is 0 Å². The average Bonchev–Trinajstić information content (AvgIpc) is 2.46. The number of H-pyrrole nitrogens is 1. The Hall–Kier alpha value is -1.72. The molecule has 0 bridgehead atoms. The minimum atomic E-state index is -0.0379. The molecule has 1 aromatic rings. The van der Waals surface area contributed by atoms with E-state index >= 15 is 0 Å². The molecule has 1 aromatic heterocycles. The first-order valence-electron chi connectivity index (χ1n) is 2.62. The van der Waals surface area contributed by atoms with Gasteiger partial charge in [-0.05, 0) is 0 Å². The van der Waals surface area contributed by atoms with Gasteiger partial charge in [-0.25, -0.2) is 4.98 Å². The zero-order valence-electron chi connectivity index (χ0n) is 6.29. The van der Waals surface area contributed by atoms with Crippen LogP contribution in [0.5, 0.6) is 0 Å². The predicted octanol–water partition coefficient (Wildman–Crippen LogP) is -2.97. The standard InChI is InChI=1S/C6HN5.Li/c7-1-4-5(2-8)11-6(3-9)10-4;/h(H,10,11);/q;+1. The molecule has 0 amide bonds. The molecule has 5 nitrogen and oxygen atoms in total. The molecule has 1 heterocycles. The van der Waals surface area contributed by atoms with Crippen LogP contribution in [0.2, 0.25) is 0 Å². The quantitative estimate of drug-likeness (QED) is 0.399. The van der Waals surface area contributed by atoms with Gasteiger partial charge >= 0.3 is 18.9 Å². The molecule has 0 aliphatic heterocycles. The molecule has 6 heteroatoms. The second kappa shape index (κ2) is 4.22. The van der Waals surface area contributed by atoms with E-state index in [9.17, 15) is 0 Å². The Balaban J connectivity index is 0.00000121. The van der Waals surface area contributed by atoms with Gasteiger partial charge in [0, 0.05) is 0 Å². The summed E-state index contributed by atoms with van der Waals surface area (Å²) in [7, 11) is 0. The van der Waals surface area contributed by atoms with E-state index in [-0.39, 0.29) is 36.1 Å². The maximum Gasteiger partial charge on any atom is 1.00 e. The third-order valence-electron chi connectivity index (χ3n) is 1.03. The van der Waals surface area contributed by atoms with E-state index in [1.165, 1.54) is 0 Å². The first-order valence-corrected chi connectivity index (χ1v) is 2.62. The third kappa shape index (κ3) is 1.65. The summed E-state index contributed by atoms with van der Waals surface area (Å²) in [6, 6.07) is 5.08. The molecule has 0 saturated carbocycles. The molecule has 50 valence electrons. The molecule has 0 radical (unpaired) electrons. The van der Waals surface area contributed by atoms with E-state index in [1.807, 2.05) is 0 Å². The van der Waals surface area contributed by atoms with E-state index in [2.05, 4.69) is 9.97 Å². The molecule has 12 heavy (non-hydrogen) atoms. The van der Waals surface area contributed by atoms with Gasteiger partial charge in [0.2, 0.25) is 5.82 Å². The van der Waals surface area contributed by atoms with Crippen LogP contribution in [0, 0.1) is 34.0 Å². The van der Waals surface area contributed by atoms with Crippen LogP contribution >= 0.6 is 0 Å². The van der Waals surface area contributed by atoms with E-state index in [0.29, 0.717) is 0 Å². The molecule has 0 atom stereocenters. The van der Waals surface area contributed by atoms with Crippen molar-refractivity contribution in [1.29, 1.82) is 15.8 Å². The van der Waals surface area contributed by atoms with Crippen LogP contribution in [-0.2, 0) is 0 Å². The minimum Gasteiger partial charge on any atom is -0.320 e. The summed E-state index contributed by atoms with van der Waals surface area (Å²) in [5.41, 5.74) is -0.00639. The molecule has 0 aliphatic carbocycles. The van der Waals surface area contributed by atoms with Crippen LogP contribution in [0.4, 0.5) is 0 Å². The summed E-state index contributed by atoms with van der Waals surface area (Å²) in [5.74, 6) is -0.0156. The third-order valence-corrected chi connectivity index (χ3v) is 1.03. The number of imidazole rings is 1. The second-order valence-electron chi connectivity index (χ2n) is 1.64. The first kappa shape index (κ1) is 10.3. The Bertz CT molecular complexity index is 368. The molecule has 0 aromatic carbocycles. The molecule has 0 saturated heterocycles. The average molecular weight is 150 g/mol. The summed E-state index contributed by atoms with van der Waals surface area (Å²) in [6.07, 6.45) is 0. The van der Waals surface area contributed by atoms with E-state index in [0.717, 1.165) is 0 Å². The number of hydrogen-bond donors (Lipinski definition) is 1. The number of aromatic nitrogens is 2. The molecule has 0 spiro atoms. The first-order chi connectivity index (χ1) is 5.31. The molecule has 0 aliphatic rings. The van der Waals surface area contributed by atoms with Crippen molar-refractivity contribution >= 4 is 0 Å². The number of nitriles is 3. The van der Waals surface area contributed by atoms with Gasteiger partial charge in [-0.1, -0.05) is 0 Å². The second-order valence-corrected chi connectivity index (χ2v) is 1.64. The number of rotatable bonds is 0. The van der Waals surface area contributed by atoms with Crippen molar-refractivity contribution in [2.75, 3.05) is 0 Å². The van der Waals surface area contributed by atoms with Gasteiger partial charge in [-0.2, -0.15) is 15.8 Å². The monoisotopic (exact) mass is 150 g/mol. The van der Waals surface area contributed by atoms with Gasteiger partial charge in [0.1, 0.15) is 18.2 Å². The van der Waals surface area contributed by atoms with Crippen LogP contribution in [0.1, 0.15) is 17.2 Å². The van der Waals surface area contributed by atoms with E-state index in [4.69, 9.17) is 15.8 Å². The van der Waals surface area contributed by atoms with Gasteiger partial charge in [-0.15, -0.1) is 0 Å². The maximum absolute atomic E-state index is 8.38. The fourth-order valence-corrected chi connectivity index (χ4v) is 0.588. The van der Waals surface area contributed by atoms with Gasteiger partial charge in [-0.3, -0.25) is 0 Å². The van der Waals surface area contributed by atoms with Crippen LogP contribution in [0.15, 0.2) is 0 Å². The fourth-order valence-electron chi connectivity index (χ4n) is 0.588. The molecule has 0 fully saturated rings. The van der Waals surface area contributed by atoms with Crippen LogP contribution in [0.25, 0.3) is 0 Å². The van der Waals surface area contributed by atoms with Crippen molar-refractivity contribution in [3.05, 3.63) is 17.2 Å². The SMILES string of the molecule is N#Cc1nc(C#N)c(C#N)[nH]1.[Li+]. The van der Waals surface area contributed by atoms with E-state index in [1.54, 1.807) is 18.2 Å². The smallest absolute Gasteiger partial charge is 0.320 e. The minimum absolute atomic E-state index is 0. The Morgan fingerprint density at radius 2 is 1.75 bits per heavy atom. The zero-order chi connectivity index (χ0) is 8.27. The Labute approximate surface area is 80.4 Å². The maximum atomic E-state index is 8.38. The topological polar surface area (TPSA) is 100 Å². The summed E-state index contributed by atoms with van der Waals surface area (Å²) >= 11 is 0. The summed E-state index contributed by atoms with van der Waals surface area (Å²) in [5, 5.41) is 25.0. The number of aromatic amines is 1. The molecular weight excluding hydrogens is 149 g/mol. The van der Waals surface area contributed by atoms with Crippen LogP contribution < -0.4 is 18.9 Å². The van der Waals surface area contributed by atoms with Gasteiger partial charge in [0.05, 0.1) is 0 Å². The summed E-state index contributed by atoms with van der Waals surface area (Å²) in [4.78, 5) is 5.89. The van der Waals surface area contributed by atoms with Crippen molar-refractivity contribution in [1.82, 2.24) is 9.97 Å². The van der Waals surface area contributed by atoms with Gasteiger partial charge in [0.15, 0.2) is 11.4 Å². The molecule has 1 N–H and O–H groups in total. The molecular formula is C6HLiN5+. The van der Waals surface area contributed by atoms with Crippen LogP contribution in [-0.4, -0.2) is 9.97 Å². The van der Waals surface area contributed by atoms with Crippen molar-refractivity contribution < 1.29 is 18.9 Å². The van der Waals surface area contributed by atoms with Gasteiger partial charge < -0.3 is 4.98 Å². The predicted molar refractivity (Wildman–Crippen MR) is 32.7 cm³/mol. The van der Waals surface area contributed by atoms with Crippen molar-refractivity contribution in [3.8, 4) is 18.2 Å². The summed E-state index contributed by atoms with van der Waals surface area (Å²) < 4.78 is 0. The largest absolute Gasteiger partial charge is 1.00 e. The number of hydrogen-bond acceptors (Lipinski definition) is 4. The summed E-state index contributed by atoms with van der Waals surface area (Å²) in [6.45, 7) is 0. The van der Waals surface area contributed by atoms with Crippen LogP contribution in [0.3, 0.4) is 0 Å². The number of nitrogens with one attached hydrogen (secondary N) is 1. The molecule has 0 unspecified atom stereocenters. The number of nitrogens with zero attached hydrogens (tertiary/aromatic N) is 4.